The van der Waals surface area contributed by atoms with E-state index in [9.17, 15) is 0 Å². The highest BCUT2D eigenvalue weighted by atomic mass is 35.5. The van der Waals surface area contributed by atoms with Crippen molar-refractivity contribution in [2.24, 2.45) is 0 Å². The zero-order valence-electron chi connectivity index (χ0n) is 11.1. The topological polar surface area (TPSA) is 34.1 Å². The van der Waals surface area contributed by atoms with Gasteiger partial charge in [0.05, 0.1) is 10.7 Å². The van der Waals surface area contributed by atoms with E-state index in [4.69, 9.17) is 16.3 Å². The highest BCUT2D eigenvalue weighted by molar-refractivity contribution is 6.31. The van der Waals surface area contributed by atoms with Crippen molar-refractivity contribution in [1.29, 1.82) is 0 Å². The van der Waals surface area contributed by atoms with Gasteiger partial charge in [0, 0.05) is 6.54 Å². The SMILES string of the molecule is CCNc1ccc(Cl)c(COc2ccccc2C)n1. The Morgan fingerprint density at radius 2 is 2.00 bits per heavy atom. The summed E-state index contributed by atoms with van der Waals surface area (Å²) >= 11 is 6.13. The molecule has 0 aliphatic rings. The Morgan fingerprint density at radius 1 is 1.21 bits per heavy atom. The first kappa shape index (κ1) is 13.7. The summed E-state index contributed by atoms with van der Waals surface area (Å²) in [6.07, 6.45) is 0. The standard InChI is InChI=1S/C15H17ClN2O/c1-3-17-15-9-8-12(16)13(18-15)10-19-14-7-5-4-6-11(14)2/h4-9H,3,10H2,1-2H3,(H,17,18). The van der Waals surface area contributed by atoms with Crippen molar-refractivity contribution in [3.63, 3.8) is 0 Å². The lowest BCUT2D eigenvalue weighted by Crippen LogP contribution is -2.04. The van der Waals surface area contributed by atoms with Crippen LogP contribution in [-0.2, 0) is 6.61 Å². The van der Waals surface area contributed by atoms with Gasteiger partial charge >= 0.3 is 0 Å². The summed E-state index contributed by atoms with van der Waals surface area (Å²) in [7, 11) is 0. The summed E-state index contributed by atoms with van der Waals surface area (Å²) in [5, 5.41) is 3.78. The Balaban J connectivity index is 2.10. The van der Waals surface area contributed by atoms with E-state index in [2.05, 4.69) is 10.3 Å². The van der Waals surface area contributed by atoms with Gasteiger partial charge in [-0.1, -0.05) is 29.8 Å². The fourth-order valence-corrected chi connectivity index (χ4v) is 1.89. The van der Waals surface area contributed by atoms with Gasteiger partial charge in [0.15, 0.2) is 0 Å². The zero-order chi connectivity index (χ0) is 13.7. The highest BCUT2D eigenvalue weighted by Gasteiger charge is 2.06. The highest BCUT2D eigenvalue weighted by Crippen LogP contribution is 2.21. The van der Waals surface area contributed by atoms with Crippen LogP contribution in [-0.4, -0.2) is 11.5 Å². The third-order valence-corrected chi connectivity index (χ3v) is 3.08. The first-order chi connectivity index (χ1) is 9.20. The van der Waals surface area contributed by atoms with Crippen LogP contribution in [0.15, 0.2) is 36.4 Å². The van der Waals surface area contributed by atoms with Crippen molar-refractivity contribution in [3.8, 4) is 5.75 Å². The average Bonchev–Trinajstić information content (AvgIpc) is 2.41. The Morgan fingerprint density at radius 3 is 2.74 bits per heavy atom. The van der Waals surface area contributed by atoms with Gasteiger partial charge in [0.25, 0.3) is 0 Å². The maximum absolute atomic E-state index is 6.13. The molecule has 0 spiro atoms. The van der Waals surface area contributed by atoms with E-state index in [1.165, 1.54) is 0 Å². The van der Waals surface area contributed by atoms with Crippen LogP contribution in [0.5, 0.6) is 5.75 Å². The first-order valence-electron chi connectivity index (χ1n) is 6.28. The first-order valence-corrected chi connectivity index (χ1v) is 6.66. The number of anilines is 1. The van der Waals surface area contributed by atoms with Crippen LogP contribution < -0.4 is 10.1 Å². The average molecular weight is 277 g/mol. The molecule has 0 aliphatic carbocycles. The van der Waals surface area contributed by atoms with Gasteiger partial charge in [0.1, 0.15) is 18.2 Å². The number of pyridine rings is 1. The van der Waals surface area contributed by atoms with E-state index in [-0.39, 0.29) is 0 Å². The van der Waals surface area contributed by atoms with Crippen LogP contribution in [0.2, 0.25) is 5.02 Å². The number of halogens is 1. The Kier molecular flexibility index (Phi) is 4.63. The van der Waals surface area contributed by atoms with Gasteiger partial charge in [-0.3, -0.25) is 0 Å². The summed E-state index contributed by atoms with van der Waals surface area (Å²) in [5.74, 6) is 1.67. The predicted octanol–water partition coefficient (Wildman–Crippen LogP) is 4.05. The minimum atomic E-state index is 0.364. The maximum Gasteiger partial charge on any atom is 0.132 e. The summed E-state index contributed by atoms with van der Waals surface area (Å²) in [6, 6.07) is 11.6. The Labute approximate surface area is 118 Å². The molecule has 4 heteroatoms. The second kappa shape index (κ2) is 6.43. The molecule has 100 valence electrons. The van der Waals surface area contributed by atoms with E-state index in [1.807, 2.05) is 50.2 Å². The van der Waals surface area contributed by atoms with Crippen molar-refractivity contribution in [2.75, 3.05) is 11.9 Å². The van der Waals surface area contributed by atoms with Crippen LogP contribution in [0.3, 0.4) is 0 Å². The fraction of sp³-hybridized carbons (Fsp3) is 0.267. The van der Waals surface area contributed by atoms with Gasteiger partial charge in [0.2, 0.25) is 0 Å². The largest absolute Gasteiger partial charge is 0.487 e. The fourth-order valence-electron chi connectivity index (χ4n) is 1.73. The minimum Gasteiger partial charge on any atom is -0.487 e. The molecule has 0 saturated carbocycles. The summed E-state index contributed by atoms with van der Waals surface area (Å²) < 4.78 is 5.76. The molecule has 19 heavy (non-hydrogen) atoms. The molecular formula is C15H17ClN2O. The van der Waals surface area contributed by atoms with E-state index >= 15 is 0 Å². The number of hydrogen-bond donors (Lipinski definition) is 1. The smallest absolute Gasteiger partial charge is 0.132 e. The van der Waals surface area contributed by atoms with Gasteiger partial charge in [-0.25, -0.2) is 4.98 Å². The third kappa shape index (κ3) is 3.61. The van der Waals surface area contributed by atoms with Crippen molar-refractivity contribution in [3.05, 3.63) is 52.7 Å². The van der Waals surface area contributed by atoms with Gasteiger partial charge in [-0.05, 0) is 37.6 Å². The molecule has 0 aliphatic heterocycles. The lowest BCUT2D eigenvalue weighted by molar-refractivity contribution is 0.299. The number of rotatable bonds is 5. The number of benzene rings is 1. The molecule has 1 aromatic heterocycles. The molecular weight excluding hydrogens is 260 g/mol. The number of para-hydroxylation sites is 1. The van der Waals surface area contributed by atoms with Crippen LogP contribution in [0, 0.1) is 6.92 Å². The number of aromatic nitrogens is 1. The molecule has 0 radical (unpaired) electrons. The molecule has 1 aromatic carbocycles. The van der Waals surface area contributed by atoms with Crippen molar-refractivity contribution >= 4 is 17.4 Å². The number of nitrogens with one attached hydrogen (secondary N) is 1. The molecule has 0 fully saturated rings. The zero-order valence-corrected chi connectivity index (χ0v) is 11.9. The maximum atomic E-state index is 6.13. The van der Waals surface area contributed by atoms with Crippen molar-refractivity contribution in [2.45, 2.75) is 20.5 Å². The quantitative estimate of drug-likeness (QED) is 0.894. The molecule has 0 amide bonds. The van der Waals surface area contributed by atoms with Crippen LogP contribution in [0.4, 0.5) is 5.82 Å². The number of aryl methyl sites for hydroxylation is 1. The molecule has 0 atom stereocenters. The van der Waals surface area contributed by atoms with Gasteiger partial charge in [-0.2, -0.15) is 0 Å². The van der Waals surface area contributed by atoms with E-state index in [1.54, 1.807) is 0 Å². The summed E-state index contributed by atoms with van der Waals surface area (Å²) in [5.41, 5.74) is 1.84. The van der Waals surface area contributed by atoms with E-state index < -0.39 is 0 Å². The molecule has 2 aromatic rings. The van der Waals surface area contributed by atoms with Gasteiger partial charge in [-0.15, -0.1) is 0 Å². The van der Waals surface area contributed by atoms with E-state index in [0.29, 0.717) is 11.6 Å². The normalized spacial score (nSPS) is 10.3. The van der Waals surface area contributed by atoms with Crippen molar-refractivity contribution < 1.29 is 4.74 Å². The number of hydrogen-bond acceptors (Lipinski definition) is 3. The number of nitrogens with zero attached hydrogens (tertiary/aromatic N) is 1. The molecule has 1 N–H and O–H groups in total. The van der Waals surface area contributed by atoms with Crippen molar-refractivity contribution in [1.82, 2.24) is 4.98 Å². The number of ether oxygens (including phenoxy) is 1. The van der Waals surface area contributed by atoms with Crippen LogP contribution in [0.25, 0.3) is 0 Å². The summed E-state index contributed by atoms with van der Waals surface area (Å²) in [6.45, 7) is 5.23. The van der Waals surface area contributed by atoms with Gasteiger partial charge < -0.3 is 10.1 Å². The second-order valence-electron chi connectivity index (χ2n) is 4.21. The lowest BCUT2D eigenvalue weighted by Gasteiger charge is -2.11. The molecule has 2 rings (SSSR count). The molecule has 0 bridgehead atoms. The lowest BCUT2D eigenvalue weighted by atomic mass is 10.2. The Hall–Kier alpha value is -1.74. The van der Waals surface area contributed by atoms with E-state index in [0.717, 1.165) is 29.4 Å². The molecule has 3 nitrogen and oxygen atoms in total. The monoisotopic (exact) mass is 276 g/mol. The third-order valence-electron chi connectivity index (χ3n) is 2.73. The minimum absolute atomic E-state index is 0.364. The predicted molar refractivity (Wildman–Crippen MR) is 78.9 cm³/mol. The Bertz CT molecular complexity index is 558. The van der Waals surface area contributed by atoms with Crippen LogP contribution >= 0.6 is 11.6 Å². The summed E-state index contributed by atoms with van der Waals surface area (Å²) in [4.78, 5) is 4.44. The molecule has 0 saturated heterocycles. The second-order valence-corrected chi connectivity index (χ2v) is 4.62. The van der Waals surface area contributed by atoms with Crippen LogP contribution in [0.1, 0.15) is 18.2 Å². The molecule has 0 unspecified atom stereocenters. The molecule has 1 heterocycles.